The number of carbonyl (C=O) groups excluding carboxylic acids is 1. The van der Waals surface area contributed by atoms with Crippen LogP contribution in [-0.2, 0) is 14.3 Å². The molecular formula is C9H18O3. The lowest BCUT2D eigenvalue weighted by atomic mass is 10.3. The number of ketones is 1. The Bertz CT molecular complexity index is 123. The zero-order chi connectivity index (χ0) is 9.40. The smallest absolute Gasteiger partial charge is 0.186 e. The molecule has 12 heavy (non-hydrogen) atoms. The molecule has 0 aliphatic heterocycles. The maximum absolute atomic E-state index is 11.2. The average molecular weight is 174 g/mol. The third-order valence-corrected chi connectivity index (χ3v) is 1.46. The normalized spacial score (nSPS) is 12.9. The Kier molecular flexibility index (Phi) is 7.00. The Hall–Kier alpha value is -0.410. The second kappa shape index (κ2) is 7.25. The van der Waals surface area contributed by atoms with Gasteiger partial charge >= 0.3 is 0 Å². The minimum absolute atomic E-state index is 0.0188. The lowest BCUT2D eigenvalue weighted by molar-refractivity contribution is -0.133. The second-order valence-electron chi connectivity index (χ2n) is 2.62. The minimum atomic E-state index is -0.327. The highest BCUT2D eigenvalue weighted by atomic mass is 16.5. The highest BCUT2D eigenvalue weighted by molar-refractivity contribution is 5.83. The molecule has 1 unspecified atom stereocenters. The van der Waals surface area contributed by atoms with Crippen LogP contribution in [0.2, 0.25) is 0 Å². The van der Waals surface area contributed by atoms with Crippen LogP contribution in [0, 0.1) is 0 Å². The fourth-order valence-corrected chi connectivity index (χ4v) is 0.777. The molecule has 0 N–H and O–H groups in total. The lowest BCUT2D eigenvalue weighted by Crippen LogP contribution is -2.25. The summed E-state index contributed by atoms with van der Waals surface area (Å²) in [6.45, 7) is 7.02. The van der Waals surface area contributed by atoms with E-state index in [-0.39, 0.29) is 18.5 Å². The van der Waals surface area contributed by atoms with Crippen molar-refractivity contribution >= 4 is 5.78 Å². The summed E-state index contributed by atoms with van der Waals surface area (Å²) in [4.78, 5) is 11.2. The van der Waals surface area contributed by atoms with E-state index in [2.05, 4.69) is 0 Å². The van der Waals surface area contributed by atoms with Crippen LogP contribution < -0.4 is 0 Å². The largest absolute Gasteiger partial charge is 0.374 e. The lowest BCUT2D eigenvalue weighted by Gasteiger charge is -2.09. The quantitative estimate of drug-likeness (QED) is 0.547. The first-order valence-corrected chi connectivity index (χ1v) is 4.44. The molecule has 3 nitrogen and oxygen atoms in total. The number of Topliss-reactive ketones (excluding diaryl/α,β-unsaturated/α-hetero) is 1. The molecule has 3 heteroatoms. The van der Waals surface area contributed by atoms with Gasteiger partial charge in [0.25, 0.3) is 0 Å². The van der Waals surface area contributed by atoms with Crippen LogP contribution in [-0.4, -0.2) is 31.7 Å². The Morgan fingerprint density at radius 1 is 1.42 bits per heavy atom. The van der Waals surface area contributed by atoms with Gasteiger partial charge in [-0.3, -0.25) is 4.79 Å². The maximum Gasteiger partial charge on any atom is 0.186 e. The van der Waals surface area contributed by atoms with Gasteiger partial charge in [-0.2, -0.15) is 0 Å². The van der Waals surface area contributed by atoms with Crippen LogP contribution in [0.15, 0.2) is 0 Å². The van der Waals surface area contributed by atoms with E-state index >= 15 is 0 Å². The Labute approximate surface area is 74.0 Å². The maximum atomic E-state index is 11.2. The molecule has 0 aliphatic carbocycles. The molecule has 0 heterocycles. The standard InChI is InChI=1S/C9H18O3/c1-4-6-11-7-9(10)8(3)12-5-2/h8H,4-7H2,1-3H3. The van der Waals surface area contributed by atoms with Crippen molar-refractivity contribution in [3.63, 3.8) is 0 Å². The predicted molar refractivity (Wildman–Crippen MR) is 47.2 cm³/mol. The van der Waals surface area contributed by atoms with Gasteiger partial charge < -0.3 is 9.47 Å². The molecule has 72 valence electrons. The van der Waals surface area contributed by atoms with E-state index in [1.807, 2.05) is 13.8 Å². The second-order valence-corrected chi connectivity index (χ2v) is 2.62. The fourth-order valence-electron chi connectivity index (χ4n) is 0.777. The molecule has 0 aromatic rings. The number of carbonyl (C=O) groups is 1. The third kappa shape index (κ3) is 5.27. The van der Waals surface area contributed by atoms with Crippen molar-refractivity contribution in [2.45, 2.75) is 33.3 Å². The first-order chi connectivity index (χ1) is 5.72. The summed E-state index contributed by atoms with van der Waals surface area (Å²) in [5.74, 6) is 0.0188. The zero-order valence-corrected chi connectivity index (χ0v) is 8.13. The van der Waals surface area contributed by atoms with Gasteiger partial charge in [-0.05, 0) is 20.3 Å². The van der Waals surface area contributed by atoms with Gasteiger partial charge in [0, 0.05) is 13.2 Å². The van der Waals surface area contributed by atoms with Crippen molar-refractivity contribution in [1.29, 1.82) is 0 Å². The van der Waals surface area contributed by atoms with Crippen molar-refractivity contribution in [2.24, 2.45) is 0 Å². The molecule has 0 saturated heterocycles. The van der Waals surface area contributed by atoms with E-state index in [9.17, 15) is 4.79 Å². The summed E-state index contributed by atoms with van der Waals surface area (Å²) >= 11 is 0. The summed E-state index contributed by atoms with van der Waals surface area (Å²) in [5, 5.41) is 0. The van der Waals surface area contributed by atoms with E-state index in [0.29, 0.717) is 13.2 Å². The van der Waals surface area contributed by atoms with Crippen molar-refractivity contribution in [1.82, 2.24) is 0 Å². The molecule has 1 atom stereocenters. The summed E-state index contributed by atoms with van der Waals surface area (Å²) in [6.07, 6.45) is 0.614. The molecule has 0 bridgehead atoms. The molecule has 0 spiro atoms. The van der Waals surface area contributed by atoms with Gasteiger partial charge in [0.05, 0.1) is 0 Å². The zero-order valence-electron chi connectivity index (χ0n) is 8.13. The van der Waals surface area contributed by atoms with Crippen molar-refractivity contribution in [2.75, 3.05) is 19.8 Å². The van der Waals surface area contributed by atoms with Gasteiger partial charge in [-0.25, -0.2) is 0 Å². The number of ether oxygens (including phenoxy) is 2. The van der Waals surface area contributed by atoms with Gasteiger partial charge in [-0.1, -0.05) is 6.92 Å². The SMILES string of the molecule is CCCOCC(=O)C(C)OCC. The minimum Gasteiger partial charge on any atom is -0.374 e. The molecule has 0 rings (SSSR count). The van der Waals surface area contributed by atoms with E-state index in [1.165, 1.54) is 0 Å². The van der Waals surface area contributed by atoms with E-state index < -0.39 is 0 Å². The van der Waals surface area contributed by atoms with Gasteiger partial charge in [-0.15, -0.1) is 0 Å². The Morgan fingerprint density at radius 3 is 2.58 bits per heavy atom. The molecule has 0 aromatic heterocycles. The van der Waals surface area contributed by atoms with Crippen LogP contribution in [0.1, 0.15) is 27.2 Å². The number of rotatable bonds is 7. The first kappa shape index (κ1) is 11.6. The molecular weight excluding hydrogens is 156 g/mol. The molecule has 0 saturated carbocycles. The third-order valence-electron chi connectivity index (χ3n) is 1.46. The van der Waals surface area contributed by atoms with Crippen LogP contribution >= 0.6 is 0 Å². The fraction of sp³-hybridized carbons (Fsp3) is 0.889. The Balaban J connectivity index is 3.43. The highest BCUT2D eigenvalue weighted by Crippen LogP contribution is 1.93. The molecule has 0 aromatic carbocycles. The van der Waals surface area contributed by atoms with Crippen LogP contribution in [0.25, 0.3) is 0 Å². The average Bonchev–Trinajstić information content (AvgIpc) is 2.05. The highest BCUT2D eigenvalue weighted by Gasteiger charge is 2.11. The van der Waals surface area contributed by atoms with Crippen LogP contribution in [0.4, 0.5) is 0 Å². The van der Waals surface area contributed by atoms with E-state index in [1.54, 1.807) is 6.92 Å². The Morgan fingerprint density at radius 2 is 2.08 bits per heavy atom. The molecule has 0 amide bonds. The summed E-state index contributed by atoms with van der Waals surface area (Å²) in [6, 6.07) is 0. The topological polar surface area (TPSA) is 35.5 Å². The van der Waals surface area contributed by atoms with Crippen LogP contribution in [0.5, 0.6) is 0 Å². The van der Waals surface area contributed by atoms with Crippen molar-refractivity contribution in [3.8, 4) is 0 Å². The molecule has 0 fully saturated rings. The van der Waals surface area contributed by atoms with Gasteiger partial charge in [0.2, 0.25) is 0 Å². The van der Waals surface area contributed by atoms with E-state index in [0.717, 1.165) is 6.42 Å². The van der Waals surface area contributed by atoms with Crippen LogP contribution in [0.3, 0.4) is 0 Å². The predicted octanol–water partition coefficient (Wildman–Crippen LogP) is 1.41. The summed E-state index contributed by atoms with van der Waals surface area (Å²) < 4.78 is 10.2. The monoisotopic (exact) mass is 174 g/mol. The number of hydrogen-bond acceptors (Lipinski definition) is 3. The van der Waals surface area contributed by atoms with Crippen molar-refractivity contribution < 1.29 is 14.3 Å². The summed E-state index contributed by atoms with van der Waals surface area (Å²) in [7, 11) is 0. The van der Waals surface area contributed by atoms with E-state index in [4.69, 9.17) is 9.47 Å². The van der Waals surface area contributed by atoms with Gasteiger partial charge in [0.1, 0.15) is 12.7 Å². The van der Waals surface area contributed by atoms with Crippen molar-refractivity contribution in [3.05, 3.63) is 0 Å². The van der Waals surface area contributed by atoms with Gasteiger partial charge in [0.15, 0.2) is 5.78 Å². The first-order valence-electron chi connectivity index (χ1n) is 4.44. The molecule has 0 aliphatic rings. The molecule has 0 radical (unpaired) electrons. The summed E-state index contributed by atoms with van der Waals surface area (Å²) in [5.41, 5.74) is 0. The number of hydrogen-bond donors (Lipinski definition) is 0.